The third kappa shape index (κ3) is 2.82. The monoisotopic (exact) mass is 358 g/mol. The Balaban J connectivity index is 1.60. The van der Waals surface area contributed by atoms with Crippen molar-refractivity contribution in [2.24, 2.45) is 0 Å². The maximum atomic E-state index is 11.1. The van der Waals surface area contributed by atoms with E-state index < -0.39 is 6.10 Å². The third-order valence-corrected chi connectivity index (χ3v) is 4.82. The number of imidazole rings is 1. The molecule has 0 aliphatic carbocycles. The molecule has 5 rings (SSSR count). The highest BCUT2D eigenvalue weighted by molar-refractivity contribution is 5.76. The number of aliphatic hydroxyl groups is 1. The molecule has 27 heavy (non-hydrogen) atoms. The normalized spacial score (nSPS) is 13.8. The fraction of sp³-hybridized carbons (Fsp3) is 0.136. The molecule has 1 N–H and O–H groups in total. The van der Waals surface area contributed by atoms with Crippen molar-refractivity contribution in [3.8, 4) is 11.5 Å². The molecule has 3 aromatic carbocycles. The van der Waals surface area contributed by atoms with Crippen LogP contribution in [-0.2, 0) is 6.54 Å². The van der Waals surface area contributed by atoms with E-state index in [9.17, 15) is 5.11 Å². The van der Waals surface area contributed by atoms with Crippen molar-refractivity contribution >= 4 is 11.0 Å². The van der Waals surface area contributed by atoms with Gasteiger partial charge in [-0.2, -0.15) is 0 Å². The first kappa shape index (κ1) is 15.9. The minimum atomic E-state index is -0.865. The highest BCUT2D eigenvalue weighted by Crippen LogP contribution is 2.36. The maximum Gasteiger partial charge on any atom is 0.231 e. The smallest absolute Gasteiger partial charge is 0.231 e. The Labute approximate surface area is 156 Å². The van der Waals surface area contributed by atoms with Crippen LogP contribution >= 0.6 is 0 Å². The number of para-hydroxylation sites is 2. The molecule has 1 aliphatic heterocycles. The van der Waals surface area contributed by atoms with E-state index in [0.717, 1.165) is 22.2 Å². The summed E-state index contributed by atoms with van der Waals surface area (Å²) in [5, 5.41) is 11.1. The first-order chi connectivity index (χ1) is 13.3. The molecule has 0 amide bonds. The van der Waals surface area contributed by atoms with Gasteiger partial charge >= 0.3 is 0 Å². The third-order valence-electron chi connectivity index (χ3n) is 4.82. The van der Waals surface area contributed by atoms with E-state index in [1.165, 1.54) is 0 Å². The summed E-state index contributed by atoms with van der Waals surface area (Å²) < 4.78 is 12.9. The molecule has 2 heterocycles. The maximum absolute atomic E-state index is 11.1. The molecule has 0 unspecified atom stereocenters. The molecule has 0 bridgehead atoms. The van der Waals surface area contributed by atoms with Gasteiger partial charge in [-0.25, -0.2) is 4.98 Å². The average molecular weight is 358 g/mol. The van der Waals surface area contributed by atoms with Crippen LogP contribution in [0.5, 0.6) is 11.5 Å². The average Bonchev–Trinajstić information content (AvgIpc) is 3.32. The van der Waals surface area contributed by atoms with Crippen LogP contribution in [0.1, 0.15) is 23.1 Å². The van der Waals surface area contributed by atoms with Crippen molar-refractivity contribution in [3.63, 3.8) is 0 Å². The lowest BCUT2D eigenvalue weighted by Gasteiger charge is -2.15. The summed E-state index contributed by atoms with van der Waals surface area (Å²) in [6.45, 7) is 0.847. The van der Waals surface area contributed by atoms with E-state index in [-0.39, 0.29) is 6.79 Å². The summed E-state index contributed by atoms with van der Waals surface area (Å²) in [7, 11) is 0. The SMILES string of the molecule is O[C@H](c1ccc2c(c1)OCO2)c1nc2ccccc2n1Cc1ccccc1. The summed E-state index contributed by atoms with van der Waals surface area (Å²) in [6.07, 6.45) is -0.865. The second kappa shape index (κ2) is 6.45. The first-order valence-electron chi connectivity index (χ1n) is 8.86. The van der Waals surface area contributed by atoms with Crippen LogP contribution in [0.2, 0.25) is 0 Å². The summed E-state index contributed by atoms with van der Waals surface area (Å²) in [6, 6.07) is 23.6. The van der Waals surface area contributed by atoms with Gasteiger partial charge in [-0.05, 0) is 35.4 Å². The van der Waals surface area contributed by atoms with Crippen molar-refractivity contribution in [1.29, 1.82) is 0 Å². The van der Waals surface area contributed by atoms with Crippen molar-refractivity contribution < 1.29 is 14.6 Å². The van der Waals surface area contributed by atoms with Gasteiger partial charge in [-0.1, -0.05) is 48.5 Å². The second-order valence-corrected chi connectivity index (χ2v) is 6.55. The standard InChI is InChI=1S/C22H18N2O3/c25-21(16-10-11-19-20(12-16)27-14-26-19)22-23-17-8-4-5-9-18(17)24(22)13-15-6-2-1-3-7-15/h1-12,21,25H,13-14H2/t21-/m1/s1. The Morgan fingerprint density at radius 1 is 0.926 bits per heavy atom. The Kier molecular flexibility index (Phi) is 3.80. The molecule has 0 saturated carbocycles. The fourth-order valence-corrected chi connectivity index (χ4v) is 3.47. The van der Waals surface area contributed by atoms with Gasteiger partial charge in [0.15, 0.2) is 11.5 Å². The van der Waals surface area contributed by atoms with Gasteiger partial charge in [0.25, 0.3) is 0 Å². The number of fused-ring (bicyclic) bond motifs is 2. The number of rotatable bonds is 4. The second-order valence-electron chi connectivity index (χ2n) is 6.55. The molecule has 0 fully saturated rings. The minimum absolute atomic E-state index is 0.210. The summed E-state index contributed by atoms with van der Waals surface area (Å²) in [4.78, 5) is 4.72. The number of ether oxygens (including phenoxy) is 2. The van der Waals surface area contributed by atoms with E-state index >= 15 is 0 Å². The molecule has 1 aliphatic rings. The highest BCUT2D eigenvalue weighted by atomic mass is 16.7. The molecule has 1 atom stereocenters. The predicted molar refractivity (Wildman–Crippen MR) is 102 cm³/mol. The number of nitrogens with zero attached hydrogens (tertiary/aromatic N) is 2. The summed E-state index contributed by atoms with van der Waals surface area (Å²) in [5.74, 6) is 1.96. The van der Waals surface area contributed by atoms with Gasteiger partial charge in [0, 0.05) is 6.54 Å². The van der Waals surface area contributed by atoms with Crippen LogP contribution in [0.15, 0.2) is 72.8 Å². The summed E-state index contributed by atoms with van der Waals surface area (Å²) >= 11 is 0. The summed E-state index contributed by atoms with van der Waals surface area (Å²) in [5.41, 5.74) is 3.74. The van der Waals surface area contributed by atoms with Gasteiger partial charge in [0.1, 0.15) is 11.9 Å². The Morgan fingerprint density at radius 3 is 2.59 bits per heavy atom. The molecule has 4 aromatic rings. The first-order valence-corrected chi connectivity index (χ1v) is 8.86. The van der Waals surface area contributed by atoms with Crippen LogP contribution in [0.25, 0.3) is 11.0 Å². The van der Waals surface area contributed by atoms with Gasteiger partial charge in [-0.15, -0.1) is 0 Å². The Morgan fingerprint density at radius 2 is 1.70 bits per heavy atom. The zero-order chi connectivity index (χ0) is 18.2. The molecule has 1 aromatic heterocycles. The molecule has 0 spiro atoms. The number of hydrogen-bond acceptors (Lipinski definition) is 4. The van der Waals surface area contributed by atoms with E-state index in [1.54, 1.807) is 0 Å². The molecule has 5 heteroatoms. The molecular formula is C22H18N2O3. The Hall–Kier alpha value is -3.31. The van der Waals surface area contributed by atoms with Crippen molar-refractivity contribution in [2.75, 3.05) is 6.79 Å². The van der Waals surface area contributed by atoms with Crippen molar-refractivity contribution in [3.05, 3.63) is 89.7 Å². The van der Waals surface area contributed by atoms with Crippen LogP contribution in [0.3, 0.4) is 0 Å². The van der Waals surface area contributed by atoms with Gasteiger partial charge in [-0.3, -0.25) is 0 Å². The van der Waals surface area contributed by atoms with E-state index in [0.29, 0.717) is 23.9 Å². The molecule has 0 saturated heterocycles. The number of aliphatic hydroxyl groups excluding tert-OH is 1. The lowest BCUT2D eigenvalue weighted by molar-refractivity contribution is 0.173. The van der Waals surface area contributed by atoms with Crippen LogP contribution in [0.4, 0.5) is 0 Å². The molecule has 5 nitrogen and oxygen atoms in total. The molecular weight excluding hydrogens is 340 g/mol. The zero-order valence-electron chi connectivity index (χ0n) is 14.6. The number of aromatic nitrogens is 2. The number of hydrogen-bond donors (Lipinski definition) is 1. The van der Waals surface area contributed by atoms with Crippen LogP contribution in [0, 0.1) is 0 Å². The van der Waals surface area contributed by atoms with Crippen LogP contribution < -0.4 is 9.47 Å². The fourth-order valence-electron chi connectivity index (χ4n) is 3.47. The predicted octanol–water partition coefficient (Wildman–Crippen LogP) is 3.90. The zero-order valence-corrected chi connectivity index (χ0v) is 14.6. The van der Waals surface area contributed by atoms with Gasteiger partial charge in [0.05, 0.1) is 11.0 Å². The largest absolute Gasteiger partial charge is 0.454 e. The van der Waals surface area contributed by atoms with Gasteiger partial charge in [0.2, 0.25) is 6.79 Å². The Bertz CT molecular complexity index is 1110. The number of benzene rings is 3. The van der Waals surface area contributed by atoms with Gasteiger partial charge < -0.3 is 19.1 Å². The highest BCUT2D eigenvalue weighted by Gasteiger charge is 2.22. The lowest BCUT2D eigenvalue weighted by atomic mass is 10.1. The topological polar surface area (TPSA) is 56.5 Å². The van der Waals surface area contributed by atoms with E-state index in [2.05, 4.69) is 16.7 Å². The molecule has 134 valence electrons. The van der Waals surface area contributed by atoms with Crippen molar-refractivity contribution in [1.82, 2.24) is 9.55 Å². The minimum Gasteiger partial charge on any atom is -0.454 e. The molecule has 0 radical (unpaired) electrons. The van der Waals surface area contributed by atoms with Crippen molar-refractivity contribution in [2.45, 2.75) is 12.6 Å². The van der Waals surface area contributed by atoms with Crippen LogP contribution in [-0.4, -0.2) is 21.5 Å². The quantitative estimate of drug-likeness (QED) is 0.601. The van der Waals surface area contributed by atoms with E-state index in [1.807, 2.05) is 60.7 Å². The lowest BCUT2D eigenvalue weighted by Crippen LogP contribution is -2.11. The van der Waals surface area contributed by atoms with E-state index in [4.69, 9.17) is 14.5 Å².